The Kier molecular flexibility index (Phi) is 5.78. The highest BCUT2D eigenvalue weighted by molar-refractivity contribution is 5.80. The van der Waals surface area contributed by atoms with Gasteiger partial charge in [-0.15, -0.1) is 0 Å². The van der Waals surface area contributed by atoms with Crippen molar-refractivity contribution in [1.82, 2.24) is 20.6 Å². The molecule has 0 aromatic carbocycles. The summed E-state index contributed by atoms with van der Waals surface area (Å²) in [5.74, 6) is 0.607. The Bertz CT molecular complexity index is 562. The first kappa shape index (κ1) is 17.0. The summed E-state index contributed by atoms with van der Waals surface area (Å²) in [4.78, 5) is 11.3. The Labute approximate surface area is 132 Å². The zero-order valence-corrected chi connectivity index (χ0v) is 12.7. The van der Waals surface area contributed by atoms with E-state index in [9.17, 15) is 13.2 Å². The second kappa shape index (κ2) is 7.80. The van der Waals surface area contributed by atoms with Gasteiger partial charge in [-0.2, -0.15) is 13.2 Å². The van der Waals surface area contributed by atoms with Gasteiger partial charge in [-0.25, -0.2) is 9.97 Å². The third kappa shape index (κ3) is 5.42. The molecule has 0 saturated carbocycles. The highest BCUT2D eigenvalue weighted by atomic mass is 19.4. The number of nitrogens with zero attached hydrogens (tertiary/aromatic N) is 3. The molecule has 1 aliphatic carbocycles. The summed E-state index contributed by atoms with van der Waals surface area (Å²) in [7, 11) is 1.67. The predicted molar refractivity (Wildman–Crippen MR) is 82.2 cm³/mol. The largest absolute Gasteiger partial charge is 0.433 e. The van der Waals surface area contributed by atoms with Crippen LogP contribution in [0.15, 0.2) is 29.4 Å². The average molecular weight is 328 g/mol. The van der Waals surface area contributed by atoms with Gasteiger partial charge in [0.05, 0.1) is 0 Å². The minimum absolute atomic E-state index is 0.0513. The standard InChI is InChI=1S/C14H19F3N6/c1-18-12(22-10-4-2-3-5-10)20-8-9-21-13-19-7-6-11(23-13)14(15,16)17/h2-3,6-7,10H,4-5,8-9H2,1H3,(H2,18,20,22)(H,19,21,23). The number of rotatable bonds is 5. The van der Waals surface area contributed by atoms with Gasteiger partial charge < -0.3 is 16.0 Å². The van der Waals surface area contributed by atoms with Gasteiger partial charge in [-0.1, -0.05) is 12.2 Å². The van der Waals surface area contributed by atoms with Crippen molar-refractivity contribution in [2.45, 2.75) is 25.1 Å². The zero-order chi connectivity index (χ0) is 16.7. The molecule has 0 atom stereocenters. The summed E-state index contributed by atoms with van der Waals surface area (Å²) in [6.07, 6.45) is 2.74. The maximum absolute atomic E-state index is 12.5. The molecule has 9 heteroatoms. The fourth-order valence-electron chi connectivity index (χ4n) is 2.08. The molecule has 0 bridgehead atoms. The Hall–Kier alpha value is -2.32. The van der Waals surface area contributed by atoms with Crippen LogP contribution in [0.3, 0.4) is 0 Å². The number of halogens is 3. The van der Waals surface area contributed by atoms with Crippen LogP contribution in [0.5, 0.6) is 0 Å². The predicted octanol–water partition coefficient (Wildman–Crippen LogP) is 1.79. The van der Waals surface area contributed by atoms with E-state index in [0.717, 1.165) is 25.1 Å². The van der Waals surface area contributed by atoms with Crippen LogP contribution in [0.25, 0.3) is 0 Å². The number of hydrogen-bond acceptors (Lipinski definition) is 4. The zero-order valence-electron chi connectivity index (χ0n) is 12.7. The highest BCUT2D eigenvalue weighted by Crippen LogP contribution is 2.27. The van der Waals surface area contributed by atoms with Crippen molar-refractivity contribution in [2.24, 2.45) is 4.99 Å². The number of alkyl halides is 3. The Morgan fingerprint density at radius 2 is 2.04 bits per heavy atom. The van der Waals surface area contributed by atoms with Crippen molar-refractivity contribution in [1.29, 1.82) is 0 Å². The molecule has 0 aliphatic heterocycles. The van der Waals surface area contributed by atoms with Gasteiger partial charge in [0.2, 0.25) is 5.95 Å². The molecule has 1 aromatic rings. The minimum Gasteiger partial charge on any atom is -0.355 e. The summed E-state index contributed by atoms with van der Waals surface area (Å²) in [6.45, 7) is 0.838. The topological polar surface area (TPSA) is 74.2 Å². The van der Waals surface area contributed by atoms with Crippen molar-refractivity contribution in [3.8, 4) is 0 Å². The van der Waals surface area contributed by atoms with Gasteiger partial charge in [0.15, 0.2) is 5.96 Å². The minimum atomic E-state index is -4.47. The van der Waals surface area contributed by atoms with E-state index >= 15 is 0 Å². The summed E-state index contributed by atoms with van der Waals surface area (Å²) in [5, 5.41) is 9.09. The number of nitrogens with one attached hydrogen (secondary N) is 3. The maximum atomic E-state index is 12.5. The smallest absolute Gasteiger partial charge is 0.355 e. The molecule has 0 fully saturated rings. The SMILES string of the molecule is CN=C(NCCNc1nccc(C(F)(F)F)n1)NC1CC=CC1. The molecular formula is C14H19F3N6. The van der Waals surface area contributed by atoms with Crippen LogP contribution >= 0.6 is 0 Å². The third-order valence-electron chi connectivity index (χ3n) is 3.22. The van der Waals surface area contributed by atoms with E-state index in [-0.39, 0.29) is 5.95 Å². The van der Waals surface area contributed by atoms with Gasteiger partial charge in [0, 0.05) is 32.4 Å². The van der Waals surface area contributed by atoms with Crippen LogP contribution < -0.4 is 16.0 Å². The van der Waals surface area contributed by atoms with E-state index in [1.54, 1.807) is 7.05 Å². The third-order valence-corrected chi connectivity index (χ3v) is 3.22. The second-order valence-corrected chi connectivity index (χ2v) is 4.97. The summed E-state index contributed by atoms with van der Waals surface area (Å²) < 4.78 is 37.6. The van der Waals surface area contributed by atoms with Gasteiger partial charge >= 0.3 is 6.18 Å². The molecule has 2 rings (SSSR count). The van der Waals surface area contributed by atoms with Crippen LogP contribution in [0.1, 0.15) is 18.5 Å². The lowest BCUT2D eigenvalue weighted by Gasteiger charge is -2.17. The molecule has 1 aliphatic rings. The van der Waals surface area contributed by atoms with Crippen molar-refractivity contribution >= 4 is 11.9 Å². The summed E-state index contributed by atoms with van der Waals surface area (Å²) in [5.41, 5.74) is -0.964. The summed E-state index contributed by atoms with van der Waals surface area (Å²) >= 11 is 0. The average Bonchev–Trinajstić information content (AvgIpc) is 3.03. The molecule has 0 amide bonds. The highest BCUT2D eigenvalue weighted by Gasteiger charge is 2.32. The lowest BCUT2D eigenvalue weighted by atomic mass is 10.2. The lowest BCUT2D eigenvalue weighted by molar-refractivity contribution is -0.141. The van der Waals surface area contributed by atoms with Crippen molar-refractivity contribution in [3.05, 3.63) is 30.1 Å². The number of anilines is 1. The first-order valence-electron chi connectivity index (χ1n) is 7.25. The fraction of sp³-hybridized carbons (Fsp3) is 0.500. The Morgan fingerprint density at radius 1 is 1.30 bits per heavy atom. The monoisotopic (exact) mass is 328 g/mol. The molecule has 1 heterocycles. The molecule has 0 saturated heterocycles. The first-order valence-corrected chi connectivity index (χ1v) is 7.25. The molecular weight excluding hydrogens is 309 g/mol. The van der Waals surface area contributed by atoms with E-state index in [4.69, 9.17) is 0 Å². The van der Waals surface area contributed by atoms with E-state index in [0.29, 0.717) is 25.1 Å². The van der Waals surface area contributed by atoms with E-state index < -0.39 is 11.9 Å². The van der Waals surface area contributed by atoms with Gasteiger partial charge in [0.25, 0.3) is 0 Å². The van der Waals surface area contributed by atoms with Crippen LogP contribution in [-0.2, 0) is 6.18 Å². The molecule has 0 unspecified atom stereocenters. The van der Waals surface area contributed by atoms with Gasteiger partial charge in [0.1, 0.15) is 5.69 Å². The molecule has 3 N–H and O–H groups in total. The van der Waals surface area contributed by atoms with Crippen LogP contribution in [0.4, 0.5) is 19.1 Å². The number of hydrogen-bond donors (Lipinski definition) is 3. The fourth-order valence-corrected chi connectivity index (χ4v) is 2.08. The molecule has 23 heavy (non-hydrogen) atoms. The maximum Gasteiger partial charge on any atom is 0.433 e. The van der Waals surface area contributed by atoms with Crippen molar-refractivity contribution in [2.75, 3.05) is 25.5 Å². The second-order valence-electron chi connectivity index (χ2n) is 4.97. The first-order chi connectivity index (χ1) is 11.0. The molecule has 6 nitrogen and oxygen atoms in total. The summed E-state index contributed by atoms with van der Waals surface area (Å²) in [6, 6.07) is 1.17. The van der Waals surface area contributed by atoms with Crippen LogP contribution in [0, 0.1) is 0 Å². The molecule has 0 spiro atoms. The van der Waals surface area contributed by atoms with Gasteiger partial charge in [-0.05, 0) is 18.9 Å². The molecule has 126 valence electrons. The van der Waals surface area contributed by atoms with E-state index in [2.05, 4.69) is 43.1 Å². The Morgan fingerprint density at radius 3 is 2.70 bits per heavy atom. The van der Waals surface area contributed by atoms with Gasteiger partial charge in [-0.3, -0.25) is 4.99 Å². The lowest BCUT2D eigenvalue weighted by Crippen LogP contribution is -2.43. The van der Waals surface area contributed by atoms with Crippen molar-refractivity contribution in [3.63, 3.8) is 0 Å². The molecule has 1 aromatic heterocycles. The number of aromatic nitrogens is 2. The van der Waals surface area contributed by atoms with E-state index in [1.807, 2.05) is 0 Å². The Balaban J connectivity index is 1.74. The van der Waals surface area contributed by atoms with Crippen LogP contribution in [0.2, 0.25) is 0 Å². The van der Waals surface area contributed by atoms with Crippen molar-refractivity contribution < 1.29 is 13.2 Å². The van der Waals surface area contributed by atoms with Crippen LogP contribution in [-0.4, -0.2) is 42.1 Å². The number of aliphatic imine (C=N–C) groups is 1. The number of guanidine groups is 1. The molecule has 0 radical (unpaired) electrons. The quantitative estimate of drug-likeness (QED) is 0.333. The normalized spacial score (nSPS) is 15.7. The van der Waals surface area contributed by atoms with E-state index in [1.165, 1.54) is 0 Å².